The number of carbonyl (C=O) groups excluding carboxylic acids is 1. The molecule has 0 spiro atoms. The van der Waals surface area contributed by atoms with Gasteiger partial charge in [0.05, 0.1) is 24.2 Å². The van der Waals surface area contributed by atoms with E-state index in [4.69, 9.17) is 14.2 Å². The van der Waals surface area contributed by atoms with E-state index in [2.05, 4.69) is 0 Å². The van der Waals surface area contributed by atoms with Crippen molar-refractivity contribution in [3.05, 3.63) is 58.3 Å². The van der Waals surface area contributed by atoms with E-state index in [1.165, 1.54) is 0 Å². The maximum Gasteiger partial charge on any atom is 0.231 e. The van der Waals surface area contributed by atoms with Gasteiger partial charge >= 0.3 is 0 Å². The molecule has 2 aromatic rings. The van der Waals surface area contributed by atoms with E-state index in [1.54, 1.807) is 13.2 Å². The molecular formula is C23H23NO6S. The number of para-hydroxylation sites is 1. The van der Waals surface area contributed by atoms with Crippen molar-refractivity contribution < 1.29 is 27.4 Å². The van der Waals surface area contributed by atoms with E-state index in [0.717, 1.165) is 16.7 Å². The minimum Gasteiger partial charge on any atom is -0.496 e. The number of ether oxygens (including phenoxy) is 3. The molecule has 2 aromatic carbocycles. The third kappa shape index (κ3) is 3.49. The van der Waals surface area contributed by atoms with Crippen LogP contribution in [0.1, 0.15) is 33.5 Å². The number of Topliss-reactive ketones (excluding diaryl/α,β-unsaturated/α-hetero) is 1. The Hall–Kier alpha value is -2.84. The van der Waals surface area contributed by atoms with Gasteiger partial charge in [0, 0.05) is 29.3 Å². The van der Waals surface area contributed by atoms with Crippen molar-refractivity contribution in [3.8, 4) is 17.2 Å². The Labute approximate surface area is 181 Å². The van der Waals surface area contributed by atoms with Gasteiger partial charge in [0.2, 0.25) is 5.78 Å². The summed E-state index contributed by atoms with van der Waals surface area (Å²) in [6, 6.07) is 9.19. The Balaban J connectivity index is 1.46. The summed E-state index contributed by atoms with van der Waals surface area (Å²) >= 11 is 0. The Kier molecular flexibility index (Phi) is 4.79. The van der Waals surface area contributed by atoms with Crippen LogP contribution in [-0.2, 0) is 16.4 Å². The Morgan fingerprint density at radius 1 is 1.23 bits per heavy atom. The number of hydrogen-bond donors (Lipinski definition) is 0. The molecule has 5 rings (SSSR count). The van der Waals surface area contributed by atoms with Gasteiger partial charge in [0.1, 0.15) is 24.0 Å². The van der Waals surface area contributed by atoms with E-state index in [0.29, 0.717) is 42.5 Å². The summed E-state index contributed by atoms with van der Waals surface area (Å²) in [5.74, 6) is 2.31. The fourth-order valence-corrected chi connectivity index (χ4v) is 6.25. The number of allylic oxidation sites excluding steroid dienone is 1. The molecular weight excluding hydrogens is 418 g/mol. The summed E-state index contributed by atoms with van der Waals surface area (Å²) in [6.07, 6.45) is 2.30. The quantitative estimate of drug-likeness (QED) is 0.678. The lowest BCUT2D eigenvalue weighted by molar-refractivity contribution is 0.0637. The van der Waals surface area contributed by atoms with Crippen molar-refractivity contribution in [2.24, 2.45) is 0 Å². The van der Waals surface area contributed by atoms with Crippen LogP contribution in [0.2, 0.25) is 0 Å². The normalized spacial score (nSPS) is 23.2. The van der Waals surface area contributed by atoms with Crippen LogP contribution >= 0.6 is 0 Å². The molecule has 1 saturated heterocycles. The second kappa shape index (κ2) is 7.39. The molecule has 31 heavy (non-hydrogen) atoms. The van der Waals surface area contributed by atoms with Crippen LogP contribution < -0.4 is 14.2 Å². The number of nitrogens with zero attached hydrogens (tertiary/aromatic N) is 1. The van der Waals surface area contributed by atoms with E-state index in [-0.39, 0.29) is 29.1 Å². The number of methoxy groups -OCH3 is 1. The SMILES string of the molecule is COc1ccccc1C=C1Oc2c(cc3c(c2C)OCN(C2CCS(=O)(=O)C2)C3)C1=O. The fraction of sp³-hybridized carbons (Fsp3) is 0.348. The molecule has 0 aromatic heterocycles. The first-order valence-corrected chi connectivity index (χ1v) is 12.0. The molecule has 7 nitrogen and oxygen atoms in total. The average Bonchev–Trinajstić information content (AvgIpc) is 3.28. The van der Waals surface area contributed by atoms with Gasteiger partial charge in [0.15, 0.2) is 15.6 Å². The predicted molar refractivity (Wildman–Crippen MR) is 115 cm³/mol. The van der Waals surface area contributed by atoms with Crippen LogP contribution in [0.5, 0.6) is 17.2 Å². The van der Waals surface area contributed by atoms with Gasteiger partial charge in [-0.3, -0.25) is 9.69 Å². The lowest BCUT2D eigenvalue weighted by Gasteiger charge is -2.33. The predicted octanol–water partition coefficient (Wildman–Crippen LogP) is 2.96. The number of sulfone groups is 1. The third-order valence-corrected chi connectivity index (χ3v) is 7.87. The Morgan fingerprint density at radius 2 is 2.03 bits per heavy atom. The average molecular weight is 442 g/mol. The first kappa shape index (κ1) is 20.1. The zero-order valence-electron chi connectivity index (χ0n) is 17.4. The highest BCUT2D eigenvalue weighted by Gasteiger charge is 2.37. The Morgan fingerprint density at radius 3 is 2.77 bits per heavy atom. The van der Waals surface area contributed by atoms with E-state index in [9.17, 15) is 13.2 Å². The molecule has 0 N–H and O–H groups in total. The molecule has 3 heterocycles. The lowest BCUT2D eigenvalue weighted by Crippen LogP contribution is -2.41. The summed E-state index contributed by atoms with van der Waals surface area (Å²) < 4.78 is 41.1. The van der Waals surface area contributed by atoms with Gasteiger partial charge < -0.3 is 14.2 Å². The van der Waals surface area contributed by atoms with Crippen molar-refractivity contribution in [3.63, 3.8) is 0 Å². The summed E-state index contributed by atoms with van der Waals surface area (Å²) in [5, 5.41) is 0. The van der Waals surface area contributed by atoms with Gasteiger partial charge in [0.25, 0.3) is 0 Å². The van der Waals surface area contributed by atoms with E-state index in [1.807, 2.05) is 42.2 Å². The largest absolute Gasteiger partial charge is 0.496 e. The monoisotopic (exact) mass is 441 g/mol. The smallest absolute Gasteiger partial charge is 0.231 e. The van der Waals surface area contributed by atoms with Crippen LogP contribution in [-0.4, -0.2) is 50.5 Å². The van der Waals surface area contributed by atoms with Gasteiger partial charge in [-0.1, -0.05) is 18.2 Å². The minimum atomic E-state index is -2.98. The molecule has 3 aliphatic rings. The molecule has 0 radical (unpaired) electrons. The molecule has 0 aliphatic carbocycles. The second-order valence-electron chi connectivity index (χ2n) is 8.13. The molecule has 1 atom stereocenters. The minimum absolute atomic E-state index is 0.0559. The van der Waals surface area contributed by atoms with Crippen molar-refractivity contribution >= 4 is 21.7 Å². The van der Waals surface area contributed by atoms with Crippen molar-refractivity contribution in [2.75, 3.05) is 25.3 Å². The number of rotatable bonds is 3. The van der Waals surface area contributed by atoms with Gasteiger partial charge in [-0.15, -0.1) is 0 Å². The molecule has 1 unspecified atom stereocenters. The van der Waals surface area contributed by atoms with E-state index < -0.39 is 9.84 Å². The lowest BCUT2D eigenvalue weighted by atomic mass is 9.99. The molecule has 1 fully saturated rings. The highest BCUT2D eigenvalue weighted by atomic mass is 32.2. The molecule has 0 saturated carbocycles. The molecule has 8 heteroatoms. The summed E-state index contributed by atoms with van der Waals surface area (Å²) in [7, 11) is -1.40. The van der Waals surface area contributed by atoms with Crippen molar-refractivity contribution in [1.82, 2.24) is 4.90 Å². The summed E-state index contributed by atoms with van der Waals surface area (Å²) in [5.41, 5.74) is 2.92. The first-order valence-electron chi connectivity index (χ1n) is 10.2. The van der Waals surface area contributed by atoms with Crippen LogP contribution in [0, 0.1) is 6.92 Å². The Bertz CT molecular complexity index is 1220. The standard InChI is InChI=1S/C23H23NO6S/c1-14-22-16(11-24(13-29-22)17-7-8-31(26,27)12-17)9-18-21(25)20(30-23(14)18)10-15-5-3-4-6-19(15)28-2/h3-6,9-10,17H,7-8,11-13H2,1-2H3. The van der Waals surface area contributed by atoms with E-state index >= 15 is 0 Å². The summed E-state index contributed by atoms with van der Waals surface area (Å²) in [4.78, 5) is 15.1. The van der Waals surface area contributed by atoms with Gasteiger partial charge in [-0.05, 0) is 31.6 Å². The first-order chi connectivity index (χ1) is 14.9. The second-order valence-corrected chi connectivity index (χ2v) is 10.4. The van der Waals surface area contributed by atoms with Crippen molar-refractivity contribution in [1.29, 1.82) is 0 Å². The molecule has 162 valence electrons. The zero-order chi connectivity index (χ0) is 21.8. The van der Waals surface area contributed by atoms with Crippen LogP contribution in [0.3, 0.4) is 0 Å². The molecule has 0 amide bonds. The van der Waals surface area contributed by atoms with Crippen LogP contribution in [0.25, 0.3) is 6.08 Å². The van der Waals surface area contributed by atoms with Gasteiger partial charge in [-0.2, -0.15) is 0 Å². The highest BCUT2D eigenvalue weighted by Crippen LogP contribution is 2.44. The maximum atomic E-state index is 13.1. The fourth-order valence-electron chi connectivity index (χ4n) is 4.49. The number of fused-ring (bicyclic) bond motifs is 2. The number of hydrogen-bond acceptors (Lipinski definition) is 7. The van der Waals surface area contributed by atoms with Crippen LogP contribution in [0.15, 0.2) is 36.1 Å². The third-order valence-electron chi connectivity index (χ3n) is 6.11. The number of carbonyl (C=O) groups is 1. The number of ketones is 1. The molecule has 3 aliphatic heterocycles. The number of benzene rings is 2. The maximum absolute atomic E-state index is 13.1. The van der Waals surface area contributed by atoms with Gasteiger partial charge in [-0.25, -0.2) is 8.42 Å². The zero-order valence-corrected chi connectivity index (χ0v) is 18.2. The molecule has 0 bridgehead atoms. The summed E-state index contributed by atoms with van der Waals surface area (Å²) in [6.45, 7) is 2.75. The van der Waals surface area contributed by atoms with Crippen LogP contribution in [0.4, 0.5) is 0 Å². The van der Waals surface area contributed by atoms with Crippen molar-refractivity contribution in [2.45, 2.75) is 25.9 Å². The highest BCUT2D eigenvalue weighted by molar-refractivity contribution is 7.91. The topological polar surface area (TPSA) is 82.1 Å².